The minimum absolute atomic E-state index is 0.207. The fraction of sp³-hybridized carbons (Fsp3) is 0.556. The van der Waals surface area contributed by atoms with Crippen LogP contribution >= 0.6 is 0 Å². The lowest BCUT2D eigenvalue weighted by Gasteiger charge is -2.18. The second-order valence-corrected chi connectivity index (χ2v) is 5.81. The number of benzene rings is 1. The maximum atomic E-state index is 5.99. The molecule has 0 amide bonds. The van der Waals surface area contributed by atoms with Gasteiger partial charge in [0.1, 0.15) is 5.76 Å². The summed E-state index contributed by atoms with van der Waals surface area (Å²) in [6.07, 6.45) is 5.07. The molecule has 0 aliphatic carbocycles. The van der Waals surface area contributed by atoms with Crippen LogP contribution in [0.2, 0.25) is 0 Å². The Bertz CT molecular complexity index is 561. The predicted molar refractivity (Wildman–Crippen MR) is 87.9 cm³/mol. The third-order valence-corrected chi connectivity index (χ3v) is 3.95. The summed E-state index contributed by atoms with van der Waals surface area (Å²) < 4.78 is 11.3. The van der Waals surface area contributed by atoms with Crippen LogP contribution in [0.5, 0.6) is 5.75 Å². The van der Waals surface area contributed by atoms with Gasteiger partial charge < -0.3 is 14.5 Å². The summed E-state index contributed by atoms with van der Waals surface area (Å²) in [6, 6.07) is 8.80. The number of ether oxygens (including phenoxy) is 1. The van der Waals surface area contributed by atoms with Crippen molar-refractivity contribution >= 4 is 11.0 Å². The number of hydrogen-bond donors (Lipinski definition) is 1. The first-order chi connectivity index (χ1) is 10.2. The Labute approximate surface area is 127 Å². The van der Waals surface area contributed by atoms with Crippen LogP contribution in [-0.4, -0.2) is 13.2 Å². The van der Waals surface area contributed by atoms with Crippen molar-refractivity contribution in [1.82, 2.24) is 5.32 Å². The minimum atomic E-state index is 0.207. The monoisotopic (exact) mass is 289 g/mol. The standard InChI is InChI=1S/C18H27NO2/c1-5-6-7-9-13(2)19-14(3)17-12-15-10-8-11-16(20-4)18(15)21-17/h8,10-14,19H,5-7,9H2,1-4H3. The van der Waals surface area contributed by atoms with Crippen molar-refractivity contribution in [3.05, 3.63) is 30.0 Å². The molecule has 1 heterocycles. The van der Waals surface area contributed by atoms with E-state index in [9.17, 15) is 0 Å². The number of fused-ring (bicyclic) bond motifs is 1. The minimum Gasteiger partial charge on any atom is -0.493 e. The van der Waals surface area contributed by atoms with Crippen molar-refractivity contribution in [2.75, 3.05) is 7.11 Å². The summed E-state index contributed by atoms with van der Waals surface area (Å²) in [6.45, 7) is 6.64. The quantitative estimate of drug-likeness (QED) is 0.690. The van der Waals surface area contributed by atoms with E-state index in [1.54, 1.807) is 7.11 Å². The number of methoxy groups -OCH3 is 1. The zero-order chi connectivity index (χ0) is 15.2. The second-order valence-electron chi connectivity index (χ2n) is 5.81. The van der Waals surface area contributed by atoms with Crippen molar-refractivity contribution in [3.8, 4) is 5.75 Å². The van der Waals surface area contributed by atoms with Crippen molar-refractivity contribution in [2.24, 2.45) is 0 Å². The molecule has 1 aromatic carbocycles. The van der Waals surface area contributed by atoms with E-state index in [2.05, 4.69) is 38.2 Å². The summed E-state index contributed by atoms with van der Waals surface area (Å²) in [5, 5.41) is 4.71. The third-order valence-electron chi connectivity index (χ3n) is 3.95. The Morgan fingerprint density at radius 1 is 1.24 bits per heavy atom. The maximum Gasteiger partial charge on any atom is 0.176 e. The van der Waals surface area contributed by atoms with Gasteiger partial charge in [0.05, 0.1) is 13.2 Å². The summed E-state index contributed by atoms with van der Waals surface area (Å²) >= 11 is 0. The highest BCUT2D eigenvalue weighted by molar-refractivity contribution is 5.83. The van der Waals surface area contributed by atoms with E-state index in [0.717, 1.165) is 22.5 Å². The van der Waals surface area contributed by atoms with Gasteiger partial charge in [0.2, 0.25) is 0 Å². The molecule has 0 fully saturated rings. The molecule has 21 heavy (non-hydrogen) atoms. The van der Waals surface area contributed by atoms with Crippen LogP contribution in [0.3, 0.4) is 0 Å². The molecule has 1 N–H and O–H groups in total. The first-order valence-electron chi connectivity index (χ1n) is 7.98. The Morgan fingerprint density at radius 2 is 2.05 bits per heavy atom. The molecule has 3 nitrogen and oxygen atoms in total. The molecule has 0 aliphatic rings. The third kappa shape index (κ3) is 4.01. The van der Waals surface area contributed by atoms with E-state index in [4.69, 9.17) is 9.15 Å². The maximum absolute atomic E-state index is 5.99. The van der Waals surface area contributed by atoms with Crippen LogP contribution < -0.4 is 10.1 Å². The van der Waals surface area contributed by atoms with Crippen LogP contribution in [0.4, 0.5) is 0 Å². The summed E-state index contributed by atoms with van der Waals surface area (Å²) in [7, 11) is 1.68. The zero-order valence-corrected chi connectivity index (χ0v) is 13.6. The van der Waals surface area contributed by atoms with Gasteiger partial charge >= 0.3 is 0 Å². The molecule has 2 unspecified atom stereocenters. The van der Waals surface area contributed by atoms with Crippen LogP contribution in [0.25, 0.3) is 11.0 Å². The van der Waals surface area contributed by atoms with Gasteiger partial charge in [-0.15, -0.1) is 0 Å². The fourth-order valence-corrected chi connectivity index (χ4v) is 2.72. The Kier molecular flexibility index (Phi) is 5.68. The SMILES string of the molecule is CCCCCC(C)NC(C)c1cc2cccc(OC)c2o1. The van der Waals surface area contributed by atoms with Crippen LogP contribution in [-0.2, 0) is 0 Å². The van der Waals surface area contributed by atoms with E-state index >= 15 is 0 Å². The lowest BCUT2D eigenvalue weighted by atomic mass is 10.1. The number of unbranched alkanes of at least 4 members (excludes halogenated alkanes) is 2. The number of furan rings is 1. The summed E-state index contributed by atoms with van der Waals surface area (Å²) in [5.41, 5.74) is 0.835. The van der Waals surface area contributed by atoms with Gasteiger partial charge in [-0.1, -0.05) is 38.3 Å². The Morgan fingerprint density at radius 3 is 2.76 bits per heavy atom. The molecular formula is C18H27NO2. The topological polar surface area (TPSA) is 34.4 Å². The van der Waals surface area contributed by atoms with Gasteiger partial charge in [-0.3, -0.25) is 0 Å². The molecule has 1 aromatic heterocycles. The van der Waals surface area contributed by atoms with Gasteiger partial charge in [0, 0.05) is 11.4 Å². The fourth-order valence-electron chi connectivity index (χ4n) is 2.72. The molecule has 0 bridgehead atoms. The zero-order valence-electron chi connectivity index (χ0n) is 13.6. The molecule has 0 radical (unpaired) electrons. The van der Waals surface area contributed by atoms with Crippen LogP contribution in [0.15, 0.2) is 28.7 Å². The highest BCUT2D eigenvalue weighted by atomic mass is 16.5. The average molecular weight is 289 g/mol. The second kappa shape index (κ2) is 7.51. The normalized spacial score (nSPS) is 14.3. The Balaban J connectivity index is 2.04. The molecule has 0 saturated heterocycles. The van der Waals surface area contributed by atoms with Crippen molar-refractivity contribution < 1.29 is 9.15 Å². The van der Waals surface area contributed by atoms with E-state index in [-0.39, 0.29) is 6.04 Å². The van der Waals surface area contributed by atoms with Crippen LogP contribution in [0.1, 0.15) is 58.3 Å². The molecule has 2 rings (SSSR count). The Hall–Kier alpha value is -1.48. The number of hydrogen-bond acceptors (Lipinski definition) is 3. The smallest absolute Gasteiger partial charge is 0.176 e. The highest BCUT2D eigenvalue weighted by Gasteiger charge is 2.15. The first kappa shape index (κ1) is 15.9. The molecule has 0 saturated carbocycles. The molecule has 0 spiro atoms. The lowest BCUT2D eigenvalue weighted by molar-refractivity contribution is 0.380. The molecule has 2 atom stereocenters. The molecule has 116 valence electrons. The number of rotatable bonds is 8. The van der Waals surface area contributed by atoms with Gasteiger partial charge in [-0.05, 0) is 32.4 Å². The molecule has 0 aliphatic heterocycles. The average Bonchev–Trinajstić information content (AvgIpc) is 2.91. The van der Waals surface area contributed by atoms with E-state index in [0.29, 0.717) is 6.04 Å². The number of nitrogens with one attached hydrogen (secondary N) is 1. The summed E-state index contributed by atoms with van der Waals surface area (Å²) in [5.74, 6) is 1.76. The van der Waals surface area contributed by atoms with Gasteiger partial charge in [-0.2, -0.15) is 0 Å². The lowest BCUT2D eigenvalue weighted by Crippen LogP contribution is -2.28. The van der Waals surface area contributed by atoms with Gasteiger partial charge in [0.25, 0.3) is 0 Å². The predicted octanol–water partition coefficient (Wildman–Crippen LogP) is 5.06. The molecule has 3 heteroatoms. The van der Waals surface area contributed by atoms with Crippen LogP contribution in [0, 0.1) is 0 Å². The first-order valence-corrected chi connectivity index (χ1v) is 7.98. The van der Waals surface area contributed by atoms with Crippen molar-refractivity contribution in [1.29, 1.82) is 0 Å². The molecular weight excluding hydrogens is 262 g/mol. The van der Waals surface area contributed by atoms with Crippen molar-refractivity contribution in [2.45, 2.75) is 58.5 Å². The van der Waals surface area contributed by atoms with Gasteiger partial charge in [0.15, 0.2) is 11.3 Å². The largest absolute Gasteiger partial charge is 0.493 e. The molecule has 2 aromatic rings. The highest BCUT2D eigenvalue weighted by Crippen LogP contribution is 2.31. The van der Waals surface area contributed by atoms with E-state index in [1.807, 2.05) is 12.1 Å². The summed E-state index contributed by atoms with van der Waals surface area (Å²) in [4.78, 5) is 0. The van der Waals surface area contributed by atoms with E-state index < -0.39 is 0 Å². The van der Waals surface area contributed by atoms with E-state index in [1.165, 1.54) is 25.7 Å². The number of para-hydroxylation sites is 1. The van der Waals surface area contributed by atoms with Crippen molar-refractivity contribution in [3.63, 3.8) is 0 Å². The van der Waals surface area contributed by atoms with Gasteiger partial charge in [-0.25, -0.2) is 0 Å².